The zero-order valence-corrected chi connectivity index (χ0v) is 36.0. The molecule has 0 bridgehead atoms. The van der Waals surface area contributed by atoms with Crippen LogP contribution in [0.15, 0.2) is 206 Å². The summed E-state index contributed by atoms with van der Waals surface area (Å²) in [4.78, 5) is 0. The molecule has 10 aromatic carbocycles. The van der Waals surface area contributed by atoms with Crippen molar-refractivity contribution in [3.05, 3.63) is 206 Å². The normalized spacial score (nSPS) is 12.1. The first kappa shape index (κ1) is 36.9. The first-order valence-corrected chi connectivity index (χ1v) is 26.5. The van der Waals surface area contributed by atoms with Crippen molar-refractivity contribution in [2.45, 2.75) is 26.2 Å². The summed E-state index contributed by atoms with van der Waals surface area (Å²) in [6.45, 7) is 9.43. The molecule has 0 aliphatic carbocycles. The quantitative estimate of drug-likeness (QED) is 0.110. The van der Waals surface area contributed by atoms with Crippen LogP contribution in [0.4, 0.5) is 0 Å². The van der Waals surface area contributed by atoms with Crippen LogP contribution in [0.1, 0.15) is 0 Å². The van der Waals surface area contributed by atoms with Gasteiger partial charge >= 0.3 is 0 Å². The van der Waals surface area contributed by atoms with Gasteiger partial charge < -0.3 is 4.12 Å². The Balaban J connectivity index is 0.980. The Morgan fingerprint density at radius 3 is 0.678 bits per heavy atom. The summed E-state index contributed by atoms with van der Waals surface area (Å²) < 4.78 is 7.38. The maximum absolute atomic E-state index is 7.38. The highest BCUT2D eigenvalue weighted by molar-refractivity contribution is 6.96. The third-order valence-corrected chi connectivity index (χ3v) is 19.8. The maximum Gasteiger partial charge on any atom is 0.206 e. The smallest absolute Gasteiger partial charge is 0.206 e. The Morgan fingerprint density at radius 2 is 0.441 bits per heavy atom. The molecule has 0 radical (unpaired) electrons. The van der Waals surface area contributed by atoms with Crippen molar-refractivity contribution in [3.63, 3.8) is 0 Å². The van der Waals surface area contributed by atoms with Gasteiger partial charge in [0.05, 0.1) is 0 Å². The highest BCUT2D eigenvalue weighted by Crippen LogP contribution is 2.45. The van der Waals surface area contributed by atoms with Gasteiger partial charge in [0.15, 0.2) is 0 Å². The molecular formula is C56H46OSi2. The highest BCUT2D eigenvalue weighted by atomic mass is 28.4. The maximum atomic E-state index is 7.38. The Bertz CT molecular complexity index is 2820. The molecule has 0 aliphatic rings. The molecule has 0 saturated carbocycles. The molecule has 10 aromatic rings. The second kappa shape index (κ2) is 14.8. The van der Waals surface area contributed by atoms with E-state index >= 15 is 0 Å². The molecule has 0 heterocycles. The number of benzene rings is 10. The zero-order valence-electron chi connectivity index (χ0n) is 34.0. The number of hydrogen-bond donors (Lipinski definition) is 0. The molecule has 0 atom stereocenters. The second-order valence-corrected chi connectivity index (χ2v) is 24.7. The van der Waals surface area contributed by atoms with E-state index in [1.165, 1.54) is 98.0 Å². The summed E-state index contributed by atoms with van der Waals surface area (Å²) in [6, 6.07) is 75.8. The molecule has 0 amide bonds. The van der Waals surface area contributed by atoms with Gasteiger partial charge in [0.2, 0.25) is 16.6 Å². The van der Waals surface area contributed by atoms with Gasteiger partial charge in [-0.1, -0.05) is 206 Å². The lowest BCUT2D eigenvalue weighted by Crippen LogP contribution is -2.57. The predicted molar refractivity (Wildman–Crippen MR) is 260 cm³/mol. The van der Waals surface area contributed by atoms with Crippen LogP contribution >= 0.6 is 0 Å². The van der Waals surface area contributed by atoms with E-state index in [2.05, 4.69) is 232 Å². The van der Waals surface area contributed by atoms with Gasteiger partial charge in [-0.3, -0.25) is 0 Å². The van der Waals surface area contributed by atoms with Gasteiger partial charge in [0.1, 0.15) is 0 Å². The van der Waals surface area contributed by atoms with Crippen LogP contribution in [0, 0.1) is 0 Å². The lowest BCUT2D eigenvalue weighted by atomic mass is 9.86. The van der Waals surface area contributed by atoms with E-state index in [0.29, 0.717) is 0 Å². The molecule has 0 aliphatic heterocycles. The fourth-order valence-corrected chi connectivity index (χ4v) is 17.5. The lowest BCUT2D eigenvalue weighted by molar-refractivity contribution is 0.573. The Morgan fingerprint density at radius 1 is 0.237 bits per heavy atom. The van der Waals surface area contributed by atoms with Crippen molar-refractivity contribution in [1.82, 2.24) is 0 Å². The summed E-state index contributed by atoms with van der Waals surface area (Å²) in [5.74, 6) is 0. The minimum atomic E-state index is -2.31. The minimum absolute atomic E-state index is 1.23. The van der Waals surface area contributed by atoms with Crippen molar-refractivity contribution >= 4 is 70.1 Å². The Kier molecular flexibility index (Phi) is 9.25. The van der Waals surface area contributed by atoms with Crippen LogP contribution in [-0.2, 0) is 4.12 Å². The molecule has 59 heavy (non-hydrogen) atoms. The second-order valence-electron chi connectivity index (χ2n) is 16.7. The molecular weight excluding hydrogens is 745 g/mol. The molecule has 0 spiro atoms. The van der Waals surface area contributed by atoms with E-state index in [0.717, 1.165) is 0 Å². The summed E-state index contributed by atoms with van der Waals surface area (Å²) in [5, 5.41) is 12.8. The van der Waals surface area contributed by atoms with Crippen molar-refractivity contribution in [1.29, 1.82) is 0 Å². The summed E-state index contributed by atoms with van der Waals surface area (Å²) in [5.41, 5.74) is 10.1. The third kappa shape index (κ3) is 6.52. The molecule has 0 unspecified atom stereocenters. The molecule has 284 valence electrons. The summed E-state index contributed by atoms with van der Waals surface area (Å²) >= 11 is 0. The van der Waals surface area contributed by atoms with E-state index in [1.807, 2.05) is 0 Å². The SMILES string of the molecule is C[Si](C)(O[Si](C)(C)c1ccc(-c2c3ccccc3c(-c3ccccc3)c3ccccc23)cc1)c1ccc(-c2c3ccccc3c(-c3ccccc3)c3ccccc23)cc1. The average molecular weight is 791 g/mol. The van der Waals surface area contributed by atoms with Crippen molar-refractivity contribution in [2.24, 2.45) is 0 Å². The fourth-order valence-electron chi connectivity index (χ4n) is 9.54. The standard InChI is InChI=1S/C56H46OSi2/c1-58(2,43-35-31-41(32-36-43)55-49-27-15-11-23-45(49)53(39-19-7-5-8-20-39)46-24-12-16-28-50(46)55)57-59(3,4)44-37-33-42(34-38-44)56-51-29-17-13-25-47(51)54(40-21-9-6-10-22-40)48-26-14-18-30-52(48)56/h5-38H,1-4H3. The van der Waals surface area contributed by atoms with Gasteiger partial charge in [-0.05, 0) is 124 Å². The minimum Gasteiger partial charge on any atom is -0.449 e. The molecule has 10 rings (SSSR count). The highest BCUT2D eigenvalue weighted by Gasteiger charge is 2.36. The largest absolute Gasteiger partial charge is 0.449 e. The van der Waals surface area contributed by atoms with Crippen molar-refractivity contribution in [3.8, 4) is 44.5 Å². The van der Waals surface area contributed by atoms with E-state index in [9.17, 15) is 0 Å². The van der Waals surface area contributed by atoms with Crippen LogP contribution in [0.5, 0.6) is 0 Å². The number of rotatable bonds is 8. The average Bonchev–Trinajstić information content (AvgIpc) is 3.27. The number of fused-ring (bicyclic) bond motifs is 4. The van der Waals surface area contributed by atoms with Crippen molar-refractivity contribution < 1.29 is 4.12 Å². The van der Waals surface area contributed by atoms with Crippen LogP contribution < -0.4 is 10.4 Å². The molecule has 3 heteroatoms. The van der Waals surface area contributed by atoms with Crippen LogP contribution in [0.25, 0.3) is 87.6 Å². The van der Waals surface area contributed by atoms with Gasteiger partial charge in [0, 0.05) is 0 Å². The van der Waals surface area contributed by atoms with Crippen LogP contribution in [0.3, 0.4) is 0 Å². The lowest BCUT2D eigenvalue weighted by Gasteiger charge is -2.35. The van der Waals surface area contributed by atoms with Crippen LogP contribution in [-0.4, -0.2) is 16.6 Å². The monoisotopic (exact) mass is 790 g/mol. The van der Waals surface area contributed by atoms with E-state index in [4.69, 9.17) is 4.12 Å². The van der Waals surface area contributed by atoms with E-state index in [1.54, 1.807) is 0 Å². The predicted octanol–water partition coefficient (Wildman–Crippen LogP) is 14.5. The molecule has 1 nitrogen and oxygen atoms in total. The molecule has 0 aromatic heterocycles. The molecule has 0 fully saturated rings. The molecule has 0 N–H and O–H groups in total. The van der Waals surface area contributed by atoms with E-state index in [-0.39, 0.29) is 0 Å². The third-order valence-electron chi connectivity index (χ3n) is 12.2. The van der Waals surface area contributed by atoms with Gasteiger partial charge in [0.25, 0.3) is 0 Å². The zero-order chi connectivity index (χ0) is 40.1. The van der Waals surface area contributed by atoms with Gasteiger partial charge in [-0.2, -0.15) is 0 Å². The topological polar surface area (TPSA) is 9.23 Å². The van der Waals surface area contributed by atoms with Crippen LogP contribution in [0.2, 0.25) is 26.2 Å². The summed E-state index contributed by atoms with van der Waals surface area (Å²) in [6.07, 6.45) is 0. The van der Waals surface area contributed by atoms with Gasteiger partial charge in [-0.25, -0.2) is 0 Å². The Labute approximate surface area is 349 Å². The Hall–Kier alpha value is -6.37. The van der Waals surface area contributed by atoms with Crippen molar-refractivity contribution in [2.75, 3.05) is 0 Å². The first-order valence-electron chi connectivity index (χ1n) is 20.7. The fraction of sp³-hybridized carbons (Fsp3) is 0.0714. The van der Waals surface area contributed by atoms with E-state index < -0.39 is 16.6 Å². The summed E-state index contributed by atoms with van der Waals surface area (Å²) in [7, 11) is -4.62. The number of hydrogen-bond acceptors (Lipinski definition) is 1. The van der Waals surface area contributed by atoms with Gasteiger partial charge in [-0.15, -0.1) is 0 Å². The first-order chi connectivity index (χ1) is 28.8. The molecule has 0 saturated heterocycles.